The molecular formula is C22H22N4O3. The van der Waals surface area contributed by atoms with Crippen molar-refractivity contribution >= 4 is 23.3 Å². The van der Waals surface area contributed by atoms with Gasteiger partial charge in [-0.3, -0.25) is 9.59 Å². The molecule has 3 aromatic rings. The zero-order valence-electron chi connectivity index (χ0n) is 16.5. The number of hydrogen-bond acceptors (Lipinski definition) is 6. The van der Waals surface area contributed by atoms with Crippen molar-refractivity contribution in [3.05, 3.63) is 77.1 Å². The molecule has 2 N–H and O–H groups in total. The van der Waals surface area contributed by atoms with Crippen molar-refractivity contribution in [2.45, 2.75) is 20.4 Å². The van der Waals surface area contributed by atoms with E-state index in [4.69, 9.17) is 4.74 Å². The molecule has 0 atom stereocenters. The zero-order valence-corrected chi connectivity index (χ0v) is 16.5. The molecule has 0 spiro atoms. The Bertz CT molecular complexity index is 1030. The summed E-state index contributed by atoms with van der Waals surface area (Å²) < 4.78 is 5.34. The Morgan fingerprint density at radius 3 is 2.45 bits per heavy atom. The normalized spacial score (nSPS) is 10.3. The lowest BCUT2D eigenvalue weighted by Gasteiger charge is -2.11. The molecule has 1 amide bonds. The molecule has 0 bridgehead atoms. The highest BCUT2D eigenvalue weighted by molar-refractivity contribution is 6.03. The van der Waals surface area contributed by atoms with Gasteiger partial charge in [0.2, 0.25) is 5.95 Å². The maximum Gasteiger partial charge on any atom is 0.274 e. The first-order chi connectivity index (χ1) is 14.0. The molecule has 7 nitrogen and oxygen atoms in total. The second-order valence-electron chi connectivity index (χ2n) is 6.47. The minimum Gasteiger partial charge on any atom is -0.496 e. The van der Waals surface area contributed by atoms with Crippen molar-refractivity contribution in [3.63, 3.8) is 0 Å². The summed E-state index contributed by atoms with van der Waals surface area (Å²) in [5.41, 5.74) is 3.04. The van der Waals surface area contributed by atoms with E-state index in [0.29, 0.717) is 29.4 Å². The van der Waals surface area contributed by atoms with Gasteiger partial charge in [0.25, 0.3) is 5.91 Å². The third-order valence-electron chi connectivity index (χ3n) is 4.27. The van der Waals surface area contributed by atoms with Crippen LogP contribution in [0.15, 0.2) is 54.6 Å². The molecule has 148 valence electrons. The van der Waals surface area contributed by atoms with E-state index in [0.717, 1.165) is 11.3 Å². The molecule has 0 aliphatic carbocycles. The highest BCUT2D eigenvalue weighted by Gasteiger charge is 2.12. The molecule has 2 aromatic carbocycles. The summed E-state index contributed by atoms with van der Waals surface area (Å²) in [4.78, 5) is 32.6. The van der Waals surface area contributed by atoms with E-state index in [1.807, 2.05) is 24.3 Å². The zero-order chi connectivity index (χ0) is 20.8. The van der Waals surface area contributed by atoms with Crippen LogP contribution in [0.25, 0.3) is 0 Å². The molecule has 3 rings (SSSR count). The lowest BCUT2D eigenvalue weighted by atomic mass is 10.1. The van der Waals surface area contributed by atoms with E-state index in [1.165, 1.54) is 6.92 Å². The Balaban J connectivity index is 1.72. The maximum absolute atomic E-state index is 12.6. The Labute approximate surface area is 169 Å². The smallest absolute Gasteiger partial charge is 0.274 e. The summed E-state index contributed by atoms with van der Waals surface area (Å²) in [5.74, 6) is 0.735. The molecule has 1 heterocycles. The molecule has 0 fully saturated rings. The van der Waals surface area contributed by atoms with Crippen molar-refractivity contribution in [3.8, 4) is 5.75 Å². The van der Waals surface area contributed by atoms with E-state index in [9.17, 15) is 9.59 Å². The minimum atomic E-state index is -0.355. The van der Waals surface area contributed by atoms with Gasteiger partial charge in [0.05, 0.1) is 7.11 Å². The molecule has 29 heavy (non-hydrogen) atoms. The third kappa shape index (κ3) is 5.16. The van der Waals surface area contributed by atoms with Crippen LogP contribution < -0.4 is 15.4 Å². The number of carbonyl (C=O) groups is 2. The number of aryl methyl sites for hydroxylation is 1. The van der Waals surface area contributed by atoms with E-state index in [2.05, 4.69) is 20.6 Å². The second kappa shape index (κ2) is 8.97. The van der Waals surface area contributed by atoms with Crippen LogP contribution in [0, 0.1) is 6.92 Å². The number of Topliss-reactive ketones (excluding diaryl/α,β-unsaturated/α-hetero) is 1. The lowest BCUT2D eigenvalue weighted by molar-refractivity contribution is 0.101. The van der Waals surface area contributed by atoms with E-state index in [-0.39, 0.29) is 17.4 Å². The SMILES string of the molecule is COc1ccccc1CNc1nc(C)cc(C(=O)Nc2ccc(C(C)=O)cc2)n1. The predicted octanol–water partition coefficient (Wildman–Crippen LogP) is 3.86. The molecule has 0 saturated heterocycles. The van der Waals surface area contributed by atoms with Crippen LogP contribution in [-0.4, -0.2) is 28.8 Å². The number of aromatic nitrogens is 2. The number of ether oxygens (including phenoxy) is 1. The fraction of sp³-hybridized carbons (Fsp3) is 0.182. The molecule has 1 aromatic heterocycles. The molecular weight excluding hydrogens is 368 g/mol. The van der Waals surface area contributed by atoms with Gasteiger partial charge in [-0.25, -0.2) is 9.97 Å². The van der Waals surface area contributed by atoms with Gasteiger partial charge in [0.15, 0.2) is 5.78 Å². The van der Waals surface area contributed by atoms with Crippen LogP contribution in [0.5, 0.6) is 5.75 Å². The number of anilines is 2. The number of nitrogens with one attached hydrogen (secondary N) is 2. The van der Waals surface area contributed by atoms with Gasteiger partial charge >= 0.3 is 0 Å². The average molecular weight is 390 g/mol. The van der Waals surface area contributed by atoms with Crippen molar-refractivity contribution in [2.75, 3.05) is 17.7 Å². The topological polar surface area (TPSA) is 93.2 Å². The molecule has 0 saturated carbocycles. The fourth-order valence-corrected chi connectivity index (χ4v) is 2.77. The first-order valence-corrected chi connectivity index (χ1v) is 9.10. The number of nitrogens with zero attached hydrogens (tertiary/aromatic N) is 2. The second-order valence-corrected chi connectivity index (χ2v) is 6.47. The van der Waals surface area contributed by atoms with Gasteiger partial charge in [-0.05, 0) is 50.2 Å². The Kier molecular flexibility index (Phi) is 6.19. The Morgan fingerprint density at radius 1 is 1.03 bits per heavy atom. The minimum absolute atomic E-state index is 0.0277. The van der Waals surface area contributed by atoms with Crippen LogP contribution in [0.1, 0.15) is 39.0 Å². The predicted molar refractivity (Wildman–Crippen MR) is 111 cm³/mol. The van der Waals surface area contributed by atoms with Crippen LogP contribution >= 0.6 is 0 Å². The van der Waals surface area contributed by atoms with Gasteiger partial charge in [0.1, 0.15) is 11.4 Å². The van der Waals surface area contributed by atoms with E-state index in [1.54, 1.807) is 44.4 Å². The van der Waals surface area contributed by atoms with Crippen LogP contribution in [0.4, 0.5) is 11.6 Å². The van der Waals surface area contributed by atoms with Gasteiger partial charge in [-0.2, -0.15) is 0 Å². The van der Waals surface area contributed by atoms with Crippen LogP contribution in [-0.2, 0) is 6.54 Å². The summed E-state index contributed by atoms with van der Waals surface area (Å²) >= 11 is 0. The highest BCUT2D eigenvalue weighted by atomic mass is 16.5. The number of amides is 1. The number of rotatable bonds is 7. The monoisotopic (exact) mass is 390 g/mol. The molecule has 0 aliphatic rings. The van der Waals surface area contributed by atoms with Crippen molar-refractivity contribution < 1.29 is 14.3 Å². The standard InChI is InChI=1S/C22H22N4O3/c1-14-12-19(21(28)25-18-10-8-16(9-11-18)15(2)27)26-22(24-14)23-13-17-6-4-5-7-20(17)29-3/h4-12H,13H2,1-3H3,(H,25,28)(H,23,24,26). The lowest BCUT2D eigenvalue weighted by Crippen LogP contribution is -2.16. The maximum atomic E-state index is 12.6. The molecule has 0 unspecified atom stereocenters. The summed E-state index contributed by atoms with van der Waals surface area (Å²) in [7, 11) is 1.62. The first-order valence-electron chi connectivity index (χ1n) is 9.10. The highest BCUT2D eigenvalue weighted by Crippen LogP contribution is 2.18. The van der Waals surface area contributed by atoms with Gasteiger partial charge in [-0.1, -0.05) is 18.2 Å². The van der Waals surface area contributed by atoms with Crippen LogP contribution in [0.3, 0.4) is 0 Å². The van der Waals surface area contributed by atoms with Gasteiger partial charge < -0.3 is 15.4 Å². The number of hydrogen-bond donors (Lipinski definition) is 2. The third-order valence-corrected chi connectivity index (χ3v) is 4.27. The number of benzene rings is 2. The van der Waals surface area contributed by atoms with Gasteiger partial charge in [-0.15, -0.1) is 0 Å². The molecule has 0 aliphatic heterocycles. The largest absolute Gasteiger partial charge is 0.496 e. The summed E-state index contributed by atoms with van der Waals surface area (Å²) in [5, 5.41) is 5.92. The fourth-order valence-electron chi connectivity index (χ4n) is 2.77. The summed E-state index contributed by atoms with van der Waals surface area (Å²) in [6.07, 6.45) is 0. The summed E-state index contributed by atoms with van der Waals surface area (Å²) in [6, 6.07) is 16.0. The van der Waals surface area contributed by atoms with E-state index < -0.39 is 0 Å². The average Bonchev–Trinajstić information content (AvgIpc) is 2.72. The number of methoxy groups -OCH3 is 1. The van der Waals surface area contributed by atoms with Crippen molar-refractivity contribution in [1.29, 1.82) is 0 Å². The van der Waals surface area contributed by atoms with Crippen LogP contribution in [0.2, 0.25) is 0 Å². The Morgan fingerprint density at radius 2 is 1.76 bits per heavy atom. The number of ketones is 1. The van der Waals surface area contributed by atoms with Gasteiger partial charge in [0, 0.05) is 29.1 Å². The number of para-hydroxylation sites is 1. The van der Waals surface area contributed by atoms with E-state index >= 15 is 0 Å². The quantitative estimate of drug-likeness (QED) is 0.595. The molecule has 0 radical (unpaired) electrons. The first kappa shape index (κ1) is 20.0. The van der Waals surface area contributed by atoms with Crippen molar-refractivity contribution in [2.24, 2.45) is 0 Å². The summed E-state index contributed by atoms with van der Waals surface area (Å²) in [6.45, 7) is 3.76. The number of carbonyl (C=O) groups excluding carboxylic acids is 2. The molecule has 7 heteroatoms. The Hall–Kier alpha value is -3.74. The van der Waals surface area contributed by atoms with Crippen molar-refractivity contribution in [1.82, 2.24) is 9.97 Å².